The second kappa shape index (κ2) is 11.3. The highest BCUT2D eigenvalue weighted by molar-refractivity contribution is 7.87. The number of allylic oxidation sites excluding steroid dienone is 1. The third-order valence-corrected chi connectivity index (χ3v) is 7.79. The quantitative estimate of drug-likeness (QED) is 0.159. The molecule has 0 saturated carbocycles. The van der Waals surface area contributed by atoms with Gasteiger partial charge in [-0.2, -0.15) is 21.6 Å². The number of nitrogens with zero attached hydrogens (tertiary/aromatic N) is 1. The molecule has 6 nitrogen and oxygen atoms in total. The van der Waals surface area contributed by atoms with Gasteiger partial charge in [-0.1, -0.05) is 54.6 Å². The van der Waals surface area contributed by atoms with Crippen molar-refractivity contribution in [3.05, 3.63) is 89.2 Å². The maximum Gasteiger partial charge on any atom is 0.534 e. The second-order valence-electron chi connectivity index (χ2n) is 11.0. The average molecular weight is 594 g/mol. The molecule has 0 aliphatic heterocycles. The number of rotatable bonds is 7. The van der Waals surface area contributed by atoms with E-state index in [4.69, 9.17) is 4.74 Å². The molecular weight excluding hydrogens is 562 g/mol. The molecule has 0 N–H and O–H groups in total. The van der Waals surface area contributed by atoms with Crippen LogP contribution >= 0.6 is 0 Å². The normalized spacial score (nSPS) is 16.5. The van der Waals surface area contributed by atoms with Gasteiger partial charge in [0.05, 0.1) is 6.04 Å². The van der Waals surface area contributed by atoms with Gasteiger partial charge in [0, 0.05) is 17.5 Å². The van der Waals surface area contributed by atoms with Gasteiger partial charge in [-0.3, -0.25) is 0 Å². The summed E-state index contributed by atoms with van der Waals surface area (Å²) in [6.45, 7) is 7.09. The summed E-state index contributed by atoms with van der Waals surface area (Å²) in [5, 5.41) is 1.04. The van der Waals surface area contributed by atoms with E-state index in [0.29, 0.717) is 28.3 Å². The van der Waals surface area contributed by atoms with E-state index < -0.39 is 50.9 Å². The maximum atomic E-state index is 14.5. The van der Waals surface area contributed by atoms with Gasteiger partial charge in [-0.25, -0.2) is 9.18 Å². The molecule has 3 aromatic carbocycles. The fourth-order valence-corrected chi connectivity index (χ4v) is 5.37. The van der Waals surface area contributed by atoms with Crippen LogP contribution in [0.4, 0.5) is 22.4 Å². The Balaban J connectivity index is 1.66. The minimum absolute atomic E-state index is 0.115. The number of hydrogen-bond acceptors (Lipinski definition) is 5. The Morgan fingerprint density at radius 1 is 1.00 bits per heavy atom. The summed E-state index contributed by atoms with van der Waals surface area (Å²) in [6, 6.07) is 15.8. The van der Waals surface area contributed by atoms with Gasteiger partial charge in [0.1, 0.15) is 17.2 Å². The van der Waals surface area contributed by atoms with Crippen LogP contribution in [0, 0.1) is 11.7 Å². The van der Waals surface area contributed by atoms with E-state index in [0.717, 1.165) is 0 Å². The van der Waals surface area contributed by atoms with Crippen molar-refractivity contribution in [1.82, 2.24) is 4.90 Å². The highest BCUT2D eigenvalue weighted by Gasteiger charge is 2.49. The first kappa shape index (κ1) is 30.4. The Bertz CT molecular complexity index is 1580. The summed E-state index contributed by atoms with van der Waals surface area (Å²) in [6.07, 6.45) is 1.40. The van der Waals surface area contributed by atoms with Crippen molar-refractivity contribution < 1.29 is 39.7 Å². The predicted molar refractivity (Wildman–Crippen MR) is 148 cm³/mol. The Kier molecular flexibility index (Phi) is 8.40. The highest BCUT2D eigenvalue weighted by atomic mass is 32.2. The number of halogens is 4. The van der Waals surface area contributed by atoms with Gasteiger partial charge in [0.2, 0.25) is 0 Å². The van der Waals surface area contributed by atoms with Crippen molar-refractivity contribution >= 4 is 32.7 Å². The molecule has 0 heterocycles. The molecule has 0 saturated heterocycles. The predicted octanol–water partition coefficient (Wildman–Crippen LogP) is 7.75. The zero-order valence-corrected chi connectivity index (χ0v) is 23.9. The molecule has 1 unspecified atom stereocenters. The number of carbonyl (C=O) groups is 1. The molecule has 1 aliphatic rings. The molecule has 220 valence electrons. The fourth-order valence-electron chi connectivity index (χ4n) is 4.89. The number of ether oxygens (including phenoxy) is 1. The van der Waals surface area contributed by atoms with Crippen molar-refractivity contribution in [2.24, 2.45) is 5.92 Å². The topological polar surface area (TPSA) is 72.9 Å². The molecule has 0 bridgehead atoms. The summed E-state index contributed by atoms with van der Waals surface area (Å²) < 4.78 is 87.7. The minimum Gasteiger partial charge on any atom is -0.444 e. The van der Waals surface area contributed by atoms with Crippen molar-refractivity contribution in [3.8, 4) is 0 Å². The molecule has 0 fully saturated rings. The summed E-state index contributed by atoms with van der Waals surface area (Å²) in [5.74, 6) is -1.26. The van der Waals surface area contributed by atoms with E-state index in [-0.39, 0.29) is 18.5 Å². The number of fused-ring (bicyclic) bond motifs is 2. The lowest BCUT2D eigenvalue weighted by Crippen LogP contribution is -2.39. The molecule has 4 rings (SSSR count). The Labute approximate surface area is 236 Å². The van der Waals surface area contributed by atoms with E-state index in [1.54, 1.807) is 76.2 Å². The lowest BCUT2D eigenvalue weighted by molar-refractivity contribution is -0.0509. The zero-order valence-electron chi connectivity index (χ0n) is 23.0. The number of hydrogen-bond donors (Lipinski definition) is 0. The molecule has 0 aromatic heterocycles. The summed E-state index contributed by atoms with van der Waals surface area (Å²) in [5.41, 5.74) is -4.83. The van der Waals surface area contributed by atoms with E-state index >= 15 is 0 Å². The van der Waals surface area contributed by atoms with Crippen LogP contribution < -0.4 is 0 Å². The monoisotopic (exact) mass is 593 g/mol. The van der Waals surface area contributed by atoms with Gasteiger partial charge >= 0.3 is 21.7 Å². The third kappa shape index (κ3) is 6.83. The number of benzene rings is 3. The highest BCUT2D eigenvalue weighted by Crippen LogP contribution is 2.37. The van der Waals surface area contributed by atoms with Crippen LogP contribution in [0.15, 0.2) is 66.7 Å². The van der Waals surface area contributed by atoms with Crippen LogP contribution in [0.3, 0.4) is 0 Å². The smallest absolute Gasteiger partial charge is 0.444 e. The lowest BCUT2D eigenvalue weighted by atomic mass is 9.86. The zero-order chi connectivity index (χ0) is 30.2. The minimum atomic E-state index is -5.89. The molecule has 41 heavy (non-hydrogen) atoms. The number of amides is 1. The van der Waals surface area contributed by atoms with Gasteiger partial charge in [-0.15, -0.1) is 0 Å². The van der Waals surface area contributed by atoms with E-state index in [1.165, 1.54) is 23.1 Å². The first-order chi connectivity index (χ1) is 19.1. The SMILES string of the molecule is C[C@H](c1ccc(F)c2ccccc12)N(CCC1C=C(OS(=O)(=O)C(F)(F)F)c2ccccc2C1)C(=O)OC(C)(C)C. The standard InChI is InChI=1S/C30H31F4NO5S/c1-19(22-13-14-26(31)25-12-8-7-11-24(22)25)35(28(36)39-29(2,3)4)16-15-20-17-21-9-5-6-10-23(21)27(18-20)40-41(37,38)30(32,33)34/h5-14,18-20H,15-17H2,1-4H3/t19-,20?/m1/s1. The Morgan fingerprint density at radius 2 is 1.63 bits per heavy atom. The molecule has 1 aliphatic carbocycles. The maximum absolute atomic E-state index is 14.5. The lowest BCUT2D eigenvalue weighted by Gasteiger charge is -2.34. The molecule has 0 spiro atoms. The largest absolute Gasteiger partial charge is 0.534 e. The van der Waals surface area contributed by atoms with Gasteiger partial charge in [0.15, 0.2) is 0 Å². The van der Waals surface area contributed by atoms with Crippen LogP contribution in [0.1, 0.15) is 56.8 Å². The van der Waals surface area contributed by atoms with Gasteiger partial charge in [0.25, 0.3) is 0 Å². The Morgan fingerprint density at radius 3 is 2.29 bits per heavy atom. The van der Waals surface area contributed by atoms with Crippen LogP contribution in [-0.2, 0) is 25.5 Å². The summed E-state index contributed by atoms with van der Waals surface area (Å²) in [4.78, 5) is 14.9. The van der Waals surface area contributed by atoms with Gasteiger partial charge < -0.3 is 13.8 Å². The first-order valence-corrected chi connectivity index (χ1v) is 14.5. The number of carbonyl (C=O) groups excluding carboxylic acids is 1. The molecule has 1 amide bonds. The summed E-state index contributed by atoms with van der Waals surface area (Å²) in [7, 11) is -5.89. The fraction of sp³-hybridized carbons (Fsp3) is 0.367. The first-order valence-electron chi connectivity index (χ1n) is 13.0. The second-order valence-corrected chi connectivity index (χ2v) is 12.5. The average Bonchev–Trinajstić information content (AvgIpc) is 2.87. The van der Waals surface area contributed by atoms with Crippen molar-refractivity contribution in [3.63, 3.8) is 0 Å². The Hall–Kier alpha value is -3.60. The van der Waals surface area contributed by atoms with Gasteiger partial charge in [-0.05, 0) is 75.1 Å². The number of alkyl halides is 3. The molecular formula is C30H31F4NO5S. The van der Waals surface area contributed by atoms with Crippen LogP contribution in [0.2, 0.25) is 0 Å². The third-order valence-electron chi connectivity index (χ3n) is 6.83. The van der Waals surface area contributed by atoms with Crippen LogP contribution in [0.25, 0.3) is 16.5 Å². The van der Waals surface area contributed by atoms with E-state index in [2.05, 4.69) is 4.18 Å². The van der Waals surface area contributed by atoms with Crippen molar-refractivity contribution in [2.45, 2.75) is 57.7 Å². The van der Waals surface area contributed by atoms with Crippen molar-refractivity contribution in [2.75, 3.05) is 6.54 Å². The molecule has 0 radical (unpaired) electrons. The van der Waals surface area contributed by atoms with Crippen LogP contribution in [-0.4, -0.2) is 37.1 Å². The van der Waals surface area contributed by atoms with Crippen LogP contribution in [0.5, 0.6) is 0 Å². The van der Waals surface area contributed by atoms with E-state index in [9.17, 15) is 30.8 Å². The van der Waals surface area contributed by atoms with E-state index in [1.807, 2.05) is 0 Å². The van der Waals surface area contributed by atoms with Crippen molar-refractivity contribution in [1.29, 1.82) is 0 Å². The molecule has 3 aromatic rings. The molecule has 11 heteroatoms. The summed E-state index contributed by atoms with van der Waals surface area (Å²) >= 11 is 0. The molecule has 2 atom stereocenters.